The Kier molecular flexibility index (Phi) is 8.53. The molecule has 8 nitrogen and oxygen atoms in total. The topological polar surface area (TPSA) is 90.1 Å². The predicted molar refractivity (Wildman–Crippen MR) is 148 cm³/mol. The summed E-state index contributed by atoms with van der Waals surface area (Å²) >= 11 is 0. The van der Waals surface area contributed by atoms with Crippen molar-refractivity contribution in [1.29, 1.82) is 0 Å². The SMILES string of the molecule is CCOc1cc(C(=O)N(Cc2cc3ccc(OC)cc3[nH]c2=O)c2ccccc2)cc(OCC)c1OCC. The van der Waals surface area contributed by atoms with Gasteiger partial charge in [0.2, 0.25) is 5.75 Å². The molecule has 198 valence electrons. The van der Waals surface area contributed by atoms with E-state index in [1.165, 1.54) is 0 Å². The van der Waals surface area contributed by atoms with Crippen LogP contribution in [-0.2, 0) is 6.54 Å². The molecule has 4 rings (SSSR count). The van der Waals surface area contributed by atoms with Crippen LogP contribution >= 0.6 is 0 Å². The molecule has 0 unspecified atom stereocenters. The number of amides is 1. The second-order valence-electron chi connectivity index (χ2n) is 8.40. The minimum atomic E-state index is -0.310. The quantitative estimate of drug-likeness (QED) is 0.280. The summed E-state index contributed by atoms with van der Waals surface area (Å²) in [5.41, 5.74) is 1.82. The van der Waals surface area contributed by atoms with Crippen LogP contribution in [0.15, 0.2) is 71.5 Å². The second-order valence-corrected chi connectivity index (χ2v) is 8.40. The van der Waals surface area contributed by atoms with Crippen molar-refractivity contribution in [3.8, 4) is 23.0 Å². The predicted octanol–water partition coefficient (Wildman–Crippen LogP) is 5.58. The normalized spacial score (nSPS) is 10.7. The second kappa shape index (κ2) is 12.2. The highest BCUT2D eigenvalue weighted by Crippen LogP contribution is 2.40. The van der Waals surface area contributed by atoms with Crippen molar-refractivity contribution >= 4 is 22.5 Å². The number of aromatic nitrogens is 1. The zero-order valence-corrected chi connectivity index (χ0v) is 22.1. The third kappa shape index (κ3) is 5.75. The molecule has 4 aromatic rings. The number of nitrogens with zero attached hydrogens (tertiary/aromatic N) is 1. The number of hydrogen-bond donors (Lipinski definition) is 1. The largest absolute Gasteiger partial charge is 0.497 e. The number of fused-ring (bicyclic) bond motifs is 1. The number of aromatic amines is 1. The molecule has 0 saturated heterocycles. The van der Waals surface area contributed by atoms with Gasteiger partial charge in [0.15, 0.2) is 11.5 Å². The molecule has 0 bridgehead atoms. The van der Waals surface area contributed by atoms with Crippen LogP contribution in [0, 0.1) is 0 Å². The van der Waals surface area contributed by atoms with Crippen molar-refractivity contribution in [3.05, 3.63) is 88.2 Å². The number of nitrogens with one attached hydrogen (secondary N) is 1. The number of ether oxygens (including phenoxy) is 4. The van der Waals surface area contributed by atoms with Gasteiger partial charge in [0.1, 0.15) is 5.75 Å². The van der Waals surface area contributed by atoms with Gasteiger partial charge in [-0.25, -0.2) is 0 Å². The molecule has 1 amide bonds. The van der Waals surface area contributed by atoms with Crippen molar-refractivity contribution in [2.24, 2.45) is 0 Å². The van der Waals surface area contributed by atoms with Crippen LogP contribution in [0.2, 0.25) is 0 Å². The van der Waals surface area contributed by atoms with Gasteiger partial charge in [0.25, 0.3) is 11.5 Å². The van der Waals surface area contributed by atoms with Crippen molar-refractivity contribution in [1.82, 2.24) is 4.98 Å². The Hall–Kier alpha value is -4.46. The first-order valence-corrected chi connectivity index (χ1v) is 12.6. The summed E-state index contributed by atoms with van der Waals surface area (Å²) in [6.45, 7) is 6.86. The molecule has 0 spiro atoms. The van der Waals surface area contributed by atoms with Crippen molar-refractivity contribution in [2.45, 2.75) is 27.3 Å². The summed E-state index contributed by atoms with van der Waals surface area (Å²) in [6.07, 6.45) is 0. The molecule has 0 atom stereocenters. The van der Waals surface area contributed by atoms with E-state index in [0.717, 1.165) is 5.39 Å². The van der Waals surface area contributed by atoms with E-state index in [-0.39, 0.29) is 18.0 Å². The number of rotatable bonds is 11. The maximum atomic E-state index is 14.0. The summed E-state index contributed by atoms with van der Waals surface area (Å²) in [5, 5.41) is 0.833. The van der Waals surface area contributed by atoms with Crippen LogP contribution in [0.4, 0.5) is 5.69 Å². The number of pyridine rings is 1. The van der Waals surface area contributed by atoms with Gasteiger partial charge in [0.05, 0.1) is 39.0 Å². The molecule has 0 fully saturated rings. The maximum Gasteiger partial charge on any atom is 0.258 e. The highest BCUT2D eigenvalue weighted by Gasteiger charge is 2.24. The highest BCUT2D eigenvalue weighted by molar-refractivity contribution is 6.06. The molecular formula is C30H32N2O6. The lowest BCUT2D eigenvalue weighted by Crippen LogP contribution is -2.33. The monoisotopic (exact) mass is 516 g/mol. The van der Waals surface area contributed by atoms with Crippen LogP contribution in [0.25, 0.3) is 10.9 Å². The van der Waals surface area contributed by atoms with Gasteiger partial charge in [-0.05, 0) is 68.6 Å². The molecule has 1 N–H and O–H groups in total. The Morgan fingerprint density at radius 2 is 1.50 bits per heavy atom. The van der Waals surface area contributed by atoms with Gasteiger partial charge in [-0.15, -0.1) is 0 Å². The van der Waals surface area contributed by atoms with E-state index in [1.54, 1.807) is 36.3 Å². The van der Waals surface area contributed by atoms with E-state index in [0.29, 0.717) is 65.1 Å². The molecule has 0 radical (unpaired) electrons. The number of hydrogen-bond acceptors (Lipinski definition) is 6. The molecule has 3 aromatic carbocycles. The van der Waals surface area contributed by atoms with E-state index < -0.39 is 0 Å². The van der Waals surface area contributed by atoms with E-state index in [2.05, 4.69) is 4.98 Å². The Morgan fingerprint density at radius 1 is 0.842 bits per heavy atom. The van der Waals surface area contributed by atoms with Crippen molar-refractivity contribution in [3.63, 3.8) is 0 Å². The molecule has 1 aromatic heterocycles. The van der Waals surface area contributed by atoms with E-state index in [1.807, 2.05) is 63.2 Å². The molecule has 0 aliphatic heterocycles. The molecule has 0 saturated carbocycles. The van der Waals surface area contributed by atoms with Crippen LogP contribution in [-0.4, -0.2) is 37.8 Å². The Labute approximate surface area is 221 Å². The van der Waals surface area contributed by atoms with E-state index in [4.69, 9.17) is 18.9 Å². The van der Waals surface area contributed by atoms with Crippen molar-refractivity contribution < 1.29 is 23.7 Å². The summed E-state index contributed by atoms with van der Waals surface area (Å²) in [6, 6.07) is 19.8. The first-order valence-electron chi connectivity index (χ1n) is 12.6. The van der Waals surface area contributed by atoms with Gasteiger partial charge < -0.3 is 28.8 Å². The average molecular weight is 517 g/mol. The average Bonchev–Trinajstić information content (AvgIpc) is 2.93. The van der Waals surface area contributed by atoms with Crippen LogP contribution in [0.5, 0.6) is 23.0 Å². The number of benzene rings is 3. The Bertz CT molecular complexity index is 1440. The standard InChI is InChI=1S/C30H32N2O6/c1-5-36-26-16-21(17-27(37-6-2)28(26)38-7-3)30(34)32(23-11-9-8-10-12-23)19-22-15-20-13-14-24(35-4)18-25(20)31-29(22)33/h8-18H,5-7,19H2,1-4H3,(H,31,33). The van der Waals surface area contributed by atoms with Crippen LogP contribution in [0.3, 0.4) is 0 Å². The molecule has 38 heavy (non-hydrogen) atoms. The number of H-pyrrole nitrogens is 1. The minimum absolute atomic E-state index is 0.0568. The van der Waals surface area contributed by atoms with Gasteiger partial charge >= 0.3 is 0 Å². The van der Waals surface area contributed by atoms with E-state index in [9.17, 15) is 9.59 Å². The van der Waals surface area contributed by atoms with Crippen LogP contribution in [0.1, 0.15) is 36.7 Å². The first kappa shape index (κ1) is 26.6. The number of carbonyl (C=O) groups excluding carboxylic acids is 1. The van der Waals surface area contributed by atoms with Gasteiger partial charge in [-0.1, -0.05) is 18.2 Å². The van der Waals surface area contributed by atoms with Gasteiger partial charge in [0, 0.05) is 22.9 Å². The first-order chi connectivity index (χ1) is 18.5. The molecule has 1 heterocycles. The van der Waals surface area contributed by atoms with Crippen molar-refractivity contribution in [2.75, 3.05) is 31.8 Å². The Balaban J connectivity index is 1.79. The number of anilines is 1. The molecule has 0 aliphatic rings. The lowest BCUT2D eigenvalue weighted by atomic mass is 10.1. The third-order valence-electron chi connectivity index (χ3n) is 5.93. The fraction of sp³-hybridized carbons (Fsp3) is 0.267. The summed E-state index contributed by atoms with van der Waals surface area (Å²) in [4.78, 5) is 31.6. The molecular weight excluding hydrogens is 484 g/mol. The zero-order valence-electron chi connectivity index (χ0n) is 22.1. The fourth-order valence-corrected chi connectivity index (χ4v) is 4.20. The zero-order chi connectivity index (χ0) is 27.1. The smallest absolute Gasteiger partial charge is 0.258 e. The minimum Gasteiger partial charge on any atom is -0.497 e. The summed E-state index contributed by atoms with van der Waals surface area (Å²) in [5.74, 6) is 1.65. The number of carbonyl (C=O) groups is 1. The number of para-hydroxylation sites is 1. The maximum absolute atomic E-state index is 14.0. The van der Waals surface area contributed by atoms with Crippen LogP contribution < -0.4 is 29.4 Å². The summed E-state index contributed by atoms with van der Waals surface area (Å²) in [7, 11) is 1.58. The summed E-state index contributed by atoms with van der Waals surface area (Å²) < 4.78 is 22.7. The lowest BCUT2D eigenvalue weighted by molar-refractivity contribution is 0.0984. The molecule has 0 aliphatic carbocycles. The molecule has 8 heteroatoms. The van der Waals surface area contributed by atoms with Gasteiger partial charge in [-0.3, -0.25) is 9.59 Å². The number of methoxy groups -OCH3 is 1. The lowest BCUT2D eigenvalue weighted by Gasteiger charge is -2.24. The van der Waals surface area contributed by atoms with Gasteiger partial charge in [-0.2, -0.15) is 0 Å². The Morgan fingerprint density at radius 3 is 2.11 bits per heavy atom. The fourth-order valence-electron chi connectivity index (χ4n) is 4.20. The van der Waals surface area contributed by atoms with E-state index >= 15 is 0 Å². The third-order valence-corrected chi connectivity index (χ3v) is 5.93. The highest BCUT2D eigenvalue weighted by atomic mass is 16.5.